The van der Waals surface area contributed by atoms with Crippen LogP contribution < -0.4 is 14.8 Å². The fourth-order valence-electron chi connectivity index (χ4n) is 2.41. The van der Waals surface area contributed by atoms with Crippen LogP contribution in [0.25, 0.3) is 0 Å². The number of carbonyl (C=O) groups excluding carboxylic acids is 1. The van der Waals surface area contributed by atoms with Gasteiger partial charge >= 0.3 is 0 Å². The van der Waals surface area contributed by atoms with Crippen molar-refractivity contribution in [1.82, 2.24) is 5.32 Å². The smallest absolute Gasteiger partial charge is 0.258 e. The van der Waals surface area contributed by atoms with E-state index in [0.717, 1.165) is 5.56 Å². The highest BCUT2D eigenvalue weighted by Gasteiger charge is 2.20. The zero-order valence-corrected chi connectivity index (χ0v) is 14.6. The van der Waals surface area contributed by atoms with Gasteiger partial charge in [-0.2, -0.15) is 0 Å². The molecular formula is C18H20ClNO4. The third kappa shape index (κ3) is 3.99. The average Bonchev–Trinajstić information content (AvgIpc) is 2.62. The van der Waals surface area contributed by atoms with Crippen LogP contribution in [0.5, 0.6) is 11.5 Å². The van der Waals surface area contributed by atoms with Crippen LogP contribution in [0.2, 0.25) is 5.02 Å². The van der Waals surface area contributed by atoms with Crippen LogP contribution in [0.1, 0.15) is 22.0 Å². The van der Waals surface area contributed by atoms with E-state index < -0.39 is 0 Å². The summed E-state index contributed by atoms with van der Waals surface area (Å²) in [7, 11) is 4.59. The summed E-state index contributed by atoms with van der Waals surface area (Å²) in [6.07, 6.45) is -0.358. The van der Waals surface area contributed by atoms with E-state index in [1.165, 1.54) is 14.2 Å². The highest BCUT2D eigenvalue weighted by Crippen LogP contribution is 2.29. The van der Waals surface area contributed by atoms with Crippen molar-refractivity contribution in [3.05, 3.63) is 58.6 Å². The number of hydrogen-bond acceptors (Lipinski definition) is 4. The molecule has 1 amide bonds. The molecule has 0 bridgehead atoms. The third-order valence-corrected chi connectivity index (χ3v) is 3.98. The Kier molecular flexibility index (Phi) is 6.46. The van der Waals surface area contributed by atoms with Crippen LogP contribution in [0, 0.1) is 0 Å². The lowest BCUT2D eigenvalue weighted by molar-refractivity contribution is 0.0823. The maximum absolute atomic E-state index is 12.6. The highest BCUT2D eigenvalue weighted by molar-refractivity contribution is 6.31. The van der Waals surface area contributed by atoms with Gasteiger partial charge in [0.05, 0.1) is 14.2 Å². The lowest BCUT2D eigenvalue weighted by Gasteiger charge is -2.19. The molecule has 0 radical (unpaired) electrons. The standard InChI is InChI=1S/C18H20ClNO4/c1-22-14-9-6-10-15(23-2)17(14)18(21)20-11-16(24-3)12-7-4-5-8-13(12)19/h4-10,16H,11H2,1-3H3,(H,20,21). The van der Waals surface area contributed by atoms with Crippen molar-refractivity contribution in [3.63, 3.8) is 0 Å². The van der Waals surface area contributed by atoms with Crippen LogP contribution in [0.4, 0.5) is 0 Å². The molecule has 128 valence electrons. The predicted octanol–water partition coefficient (Wildman–Crippen LogP) is 3.47. The van der Waals surface area contributed by atoms with Gasteiger partial charge < -0.3 is 19.5 Å². The summed E-state index contributed by atoms with van der Waals surface area (Å²) in [6.45, 7) is 0.264. The largest absolute Gasteiger partial charge is 0.496 e. The van der Waals surface area contributed by atoms with Gasteiger partial charge in [0.2, 0.25) is 0 Å². The summed E-state index contributed by atoms with van der Waals surface area (Å²) >= 11 is 6.19. The zero-order chi connectivity index (χ0) is 17.5. The normalized spacial score (nSPS) is 11.7. The Bertz CT molecular complexity index is 683. The molecule has 0 heterocycles. The number of ether oxygens (including phenoxy) is 3. The molecule has 2 rings (SSSR count). The highest BCUT2D eigenvalue weighted by atomic mass is 35.5. The van der Waals surface area contributed by atoms with Gasteiger partial charge in [-0.1, -0.05) is 35.9 Å². The monoisotopic (exact) mass is 349 g/mol. The average molecular weight is 350 g/mol. The van der Waals surface area contributed by atoms with Crippen molar-refractivity contribution in [1.29, 1.82) is 0 Å². The van der Waals surface area contributed by atoms with Crippen LogP contribution in [0.3, 0.4) is 0 Å². The SMILES string of the molecule is COc1cccc(OC)c1C(=O)NCC(OC)c1ccccc1Cl. The molecule has 6 heteroatoms. The number of benzene rings is 2. The van der Waals surface area contributed by atoms with Crippen molar-refractivity contribution < 1.29 is 19.0 Å². The summed E-state index contributed by atoms with van der Waals surface area (Å²) < 4.78 is 16.0. The first-order chi connectivity index (χ1) is 11.6. The first-order valence-corrected chi connectivity index (χ1v) is 7.76. The molecule has 2 aromatic rings. The first kappa shape index (κ1) is 18.1. The molecule has 0 saturated heterocycles. The van der Waals surface area contributed by atoms with Crippen molar-refractivity contribution in [2.45, 2.75) is 6.10 Å². The predicted molar refractivity (Wildman–Crippen MR) is 93.1 cm³/mol. The van der Waals surface area contributed by atoms with Gasteiger partial charge in [0.25, 0.3) is 5.91 Å². The Hall–Kier alpha value is -2.24. The van der Waals surface area contributed by atoms with Crippen LogP contribution in [-0.4, -0.2) is 33.8 Å². The molecule has 0 fully saturated rings. The van der Waals surface area contributed by atoms with E-state index in [2.05, 4.69) is 5.32 Å². The molecular weight excluding hydrogens is 330 g/mol. The lowest BCUT2D eigenvalue weighted by Crippen LogP contribution is -2.30. The molecule has 1 unspecified atom stereocenters. The van der Waals surface area contributed by atoms with E-state index in [-0.39, 0.29) is 18.6 Å². The van der Waals surface area contributed by atoms with Gasteiger partial charge in [-0.15, -0.1) is 0 Å². The fraction of sp³-hybridized carbons (Fsp3) is 0.278. The molecule has 0 aliphatic heterocycles. The molecule has 5 nitrogen and oxygen atoms in total. The Morgan fingerprint density at radius 2 is 1.67 bits per heavy atom. The Balaban J connectivity index is 2.17. The molecule has 0 aliphatic carbocycles. The second kappa shape index (κ2) is 8.57. The molecule has 24 heavy (non-hydrogen) atoms. The molecule has 1 atom stereocenters. The van der Waals surface area contributed by atoms with E-state index in [1.807, 2.05) is 18.2 Å². The summed E-state index contributed by atoms with van der Waals surface area (Å²) in [5.41, 5.74) is 1.16. The second-order valence-corrected chi connectivity index (χ2v) is 5.40. The van der Waals surface area contributed by atoms with E-state index in [4.69, 9.17) is 25.8 Å². The third-order valence-electron chi connectivity index (χ3n) is 3.64. The molecule has 0 saturated carbocycles. The number of methoxy groups -OCH3 is 3. The van der Waals surface area contributed by atoms with E-state index in [1.54, 1.807) is 31.4 Å². The Morgan fingerprint density at radius 3 is 2.21 bits per heavy atom. The lowest BCUT2D eigenvalue weighted by atomic mass is 10.1. The van der Waals surface area contributed by atoms with Gasteiger partial charge in [0.1, 0.15) is 23.2 Å². The van der Waals surface area contributed by atoms with Crippen molar-refractivity contribution in [3.8, 4) is 11.5 Å². The summed E-state index contributed by atoms with van der Waals surface area (Å²) in [5, 5.41) is 3.43. The maximum Gasteiger partial charge on any atom is 0.258 e. The minimum absolute atomic E-state index is 0.264. The van der Waals surface area contributed by atoms with Gasteiger partial charge in [-0.05, 0) is 18.2 Å². The van der Waals surface area contributed by atoms with Crippen molar-refractivity contribution in [2.24, 2.45) is 0 Å². The summed E-state index contributed by atoms with van der Waals surface area (Å²) in [4.78, 5) is 12.6. The maximum atomic E-state index is 12.6. The van der Waals surface area contributed by atoms with E-state index in [9.17, 15) is 4.79 Å². The number of amides is 1. The number of hydrogen-bond donors (Lipinski definition) is 1. The van der Waals surface area contributed by atoms with E-state index >= 15 is 0 Å². The van der Waals surface area contributed by atoms with Crippen molar-refractivity contribution >= 4 is 17.5 Å². The second-order valence-electron chi connectivity index (χ2n) is 4.99. The Labute approximate surface area is 146 Å². The summed E-state index contributed by atoms with van der Waals surface area (Å²) in [6, 6.07) is 12.5. The number of carbonyl (C=O) groups is 1. The quantitative estimate of drug-likeness (QED) is 0.831. The molecule has 0 aliphatic rings. The van der Waals surface area contributed by atoms with Gasteiger partial charge in [0.15, 0.2) is 0 Å². The fourth-order valence-corrected chi connectivity index (χ4v) is 2.66. The molecule has 2 aromatic carbocycles. The number of halogens is 1. The number of rotatable bonds is 7. The number of nitrogens with one attached hydrogen (secondary N) is 1. The van der Waals surface area contributed by atoms with Crippen LogP contribution in [-0.2, 0) is 4.74 Å². The summed E-state index contributed by atoms with van der Waals surface area (Å²) in [5.74, 6) is 0.579. The van der Waals surface area contributed by atoms with Crippen molar-refractivity contribution in [2.75, 3.05) is 27.9 Å². The molecule has 0 spiro atoms. The van der Waals surface area contributed by atoms with Gasteiger partial charge in [0, 0.05) is 24.2 Å². The van der Waals surface area contributed by atoms with Gasteiger partial charge in [-0.3, -0.25) is 4.79 Å². The minimum Gasteiger partial charge on any atom is -0.496 e. The van der Waals surface area contributed by atoms with Crippen LogP contribution in [0.15, 0.2) is 42.5 Å². The van der Waals surface area contributed by atoms with E-state index in [0.29, 0.717) is 22.1 Å². The minimum atomic E-state index is -0.358. The molecule has 1 N–H and O–H groups in total. The van der Waals surface area contributed by atoms with Gasteiger partial charge in [-0.25, -0.2) is 0 Å². The molecule has 0 aromatic heterocycles. The first-order valence-electron chi connectivity index (χ1n) is 7.38. The Morgan fingerprint density at radius 1 is 1.04 bits per heavy atom. The topological polar surface area (TPSA) is 56.8 Å². The van der Waals surface area contributed by atoms with Crippen LogP contribution >= 0.6 is 11.6 Å². The zero-order valence-electron chi connectivity index (χ0n) is 13.8.